The topological polar surface area (TPSA) is 90.6 Å². The molecule has 7 heteroatoms. The van der Waals surface area contributed by atoms with Crippen LogP contribution in [0.5, 0.6) is 5.75 Å². The van der Waals surface area contributed by atoms with Crippen molar-refractivity contribution in [2.24, 2.45) is 0 Å². The maximum absolute atomic E-state index is 12.1. The number of benzene rings is 2. The number of nitrogens with one attached hydrogen (secondary N) is 1. The Kier molecular flexibility index (Phi) is 6.86. The lowest BCUT2D eigenvalue weighted by atomic mass is 10.1. The normalized spacial score (nSPS) is 11.5. The molecular weight excluding hydrogens is 356 g/mol. The van der Waals surface area contributed by atoms with E-state index in [1.807, 2.05) is 24.3 Å². The van der Waals surface area contributed by atoms with Crippen molar-refractivity contribution < 1.29 is 19.1 Å². The van der Waals surface area contributed by atoms with Crippen LogP contribution in [0.15, 0.2) is 42.5 Å². The molecule has 3 N–H and O–H groups in total. The summed E-state index contributed by atoms with van der Waals surface area (Å²) < 4.78 is 10.3. The van der Waals surface area contributed by atoms with E-state index >= 15 is 0 Å². The third-order valence-corrected chi connectivity index (χ3v) is 4.13. The number of carbonyl (C=O) groups excluding carboxylic acids is 2. The number of carbonyl (C=O) groups is 2. The molecule has 0 spiro atoms. The summed E-state index contributed by atoms with van der Waals surface area (Å²) in [6.45, 7) is 1.92. The summed E-state index contributed by atoms with van der Waals surface area (Å²) in [6, 6.07) is 12.2. The predicted molar refractivity (Wildman–Crippen MR) is 100 cm³/mol. The molecule has 0 aliphatic rings. The molecule has 1 amide bonds. The highest BCUT2D eigenvalue weighted by molar-refractivity contribution is 6.33. The fourth-order valence-corrected chi connectivity index (χ4v) is 2.43. The molecule has 2 aromatic carbocycles. The van der Waals surface area contributed by atoms with Gasteiger partial charge in [-0.05, 0) is 43.2 Å². The van der Waals surface area contributed by atoms with E-state index in [9.17, 15) is 9.59 Å². The zero-order chi connectivity index (χ0) is 19.1. The quantitative estimate of drug-likeness (QED) is 0.572. The lowest BCUT2D eigenvalue weighted by molar-refractivity contribution is -0.129. The van der Waals surface area contributed by atoms with E-state index in [0.717, 1.165) is 11.3 Å². The Bertz CT molecular complexity index is 778. The first-order chi connectivity index (χ1) is 12.4. The molecule has 0 heterocycles. The minimum absolute atomic E-state index is 0.131. The van der Waals surface area contributed by atoms with Gasteiger partial charge in [-0.2, -0.15) is 0 Å². The van der Waals surface area contributed by atoms with E-state index in [-0.39, 0.29) is 22.2 Å². The first-order valence-corrected chi connectivity index (χ1v) is 8.45. The molecule has 0 radical (unpaired) electrons. The lowest BCUT2D eigenvalue weighted by Gasteiger charge is -2.14. The van der Waals surface area contributed by atoms with Gasteiger partial charge in [0.25, 0.3) is 5.91 Å². The van der Waals surface area contributed by atoms with Gasteiger partial charge in [-0.25, -0.2) is 4.79 Å². The molecular formula is C19H21ClN2O4. The molecule has 6 nitrogen and oxygen atoms in total. The zero-order valence-electron chi connectivity index (χ0n) is 14.6. The number of halogens is 1. The van der Waals surface area contributed by atoms with Gasteiger partial charge in [0.05, 0.1) is 23.4 Å². The Hall–Kier alpha value is -2.73. The van der Waals surface area contributed by atoms with E-state index in [0.29, 0.717) is 13.0 Å². The summed E-state index contributed by atoms with van der Waals surface area (Å²) >= 11 is 5.88. The van der Waals surface area contributed by atoms with Gasteiger partial charge < -0.3 is 20.5 Å². The monoisotopic (exact) mass is 376 g/mol. The number of amides is 1. The highest BCUT2D eigenvalue weighted by atomic mass is 35.5. The molecule has 138 valence electrons. The molecule has 0 aromatic heterocycles. The van der Waals surface area contributed by atoms with Gasteiger partial charge in [0.2, 0.25) is 0 Å². The van der Waals surface area contributed by atoms with Gasteiger partial charge in [-0.15, -0.1) is 0 Å². The van der Waals surface area contributed by atoms with Gasteiger partial charge in [0.15, 0.2) is 6.10 Å². The number of hydrogen-bond acceptors (Lipinski definition) is 5. The smallest absolute Gasteiger partial charge is 0.341 e. The van der Waals surface area contributed by atoms with Crippen molar-refractivity contribution in [1.29, 1.82) is 0 Å². The van der Waals surface area contributed by atoms with Crippen molar-refractivity contribution in [3.05, 3.63) is 58.6 Å². The van der Waals surface area contributed by atoms with Gasteiger partial charge in [0, 0.05) is 6.54 Å². The van der Waals surface area contributed by atoms with Crippen LogP contribution in [-0.4, -0.2) is 31.6 Å². The van der Waals surface area contributed by atoms with Crippen molar-refractivity contribution in [2.75, 3.05) is 19.4 Å². The van der Waals surface area contributed by atoms with E-state index in [4.69, 9.17) is 26.8 Å². The number of methoxy groups -OCH3 is 1. The molecule has 2 aromatic rings. The summed E-state index contributed by atoms with van der Waals surface area (Å²) in [4.78, 5) is 24.2. The van der Waals surface area contributed by atoms with Crippen LogP contribution in [-0.2, 0) is 16.0 Å². The molecule has 0 fully saturated rings. The minimum atomic E-state index is -0.947. The molecule has 0 aliphatic heterocycles. The predicted octanol–water partition coefficient (Wildman–Crippen LogP) is 2.84. The van der Waals surface area contributed by atoms with Gasteiger partial charge in [-0.3, -0.25) is 4.79 Å². The second-order valence-corrected chi connectivity index (χ2v) is 6.04. The second kappa shape index (κ2) is 9.10. The summed E-state index contributed by atoms with van der Waals surface area (Å²) in [7, 11) is 1.61. The SMILES string of the molecule is COc1ccc(CCNC(=O)[C@@H](C)OC(=O)c2cccc(Cl)c2N)cc1. The largest absolute Gasteiger partial charge is 0.497 e. The second-order valence-electron chi connectivity index (χ2n) is 5.64. The first kappa shape index (κ1) is 19.6. The third-order valence-electron chi connectivity index (χ3n) is 3.80. The molecule has 0 saturated heterocycles. The Balaban J connectivity index is 1.83. The summed E-state index contributed by atoms with van der Waals surface area (Å²) in [5.41, 5.74) is 7.08. The van der Waals surface area contributed by atoms with Crippen LogP contribution in [0.1, 0.15) is 22.8 Å². The standard InChI is InChI=1S/C19H21ClN2O4/c1-12(26-19(24)15-4-3-5-16(20)17(15)21)18(23)22-11-10-13-6-8-14(25-2)9-7-13/h3-9,12H,10-11,21H2,1-2H3,(H,22,23)/t12-/m1/s1. The van der Waals surface area contributed by atoms with Gasteiger partial charge in [0.1, 0.15) is 5.75 Å². The first-order valence-electron chi connectivity index (χ1n) is 8.08. The summed E-state index contributed by atoms with van der Waals surface area (Å²) in [5, 5.41) is 3.00. The van der Waals surface area contributed by atoms with Crippen molar-refractivity contribution in [3.63, 3.8) is 0 Å². The Morgan fingerprint density at radius 2 is 1.88 bits per heavy atom. The highest BCUT2D eigenvalue weighted by Gasteiger charge is 2.20. The number of anilines is 1. The number of ether oxygens (including phenoxy) is 2. The van der Waals surface area contributed by atoms with Crippen molar-refractivity contribution in [3.8, 4) is 5.75 Å². The summed E-state index contributed by atoms with van der Waals surface area (Å²) in [6.07, 6.45) is -0.297. The molecule has 1 atom stereocenters. The van der Waals surface area contributed by atoms with Crippen LogP contribution >= 0.6 is 11.6 Å². The van der Waals surface area contributed by atoms with Crippen LogP contribution in [0.4, 0.5) is 5.69 Å². The van der Waals surface area contributed by atoms with Crippen LogP contribution in [0.3, 0.4) is 0 Å². The Morgan fingerprint density at radius 3 is 2.54 bits per heavy atom. The van der Waals surface area contributed by atoms with E-state index in [2.05, 4.69) is 5.32 Å². The lowest BCUT2D eigenvalue weighted by Crippen LogP contribution is -2.37. The number of nitrogens with two attached hydrogens (primary N) is 1. The molecule has 0 saturated carbocycles. The van der Waals surface area contributed by atoms with Crippen LogP contribution in [0.2, 0.25) is 5.02 Å². The third kappa shape index (κ3) is 5.13. The van der Waals surface area contributed by atoms with E-state index in [1.54, 1.807) is 19.2 Å². The highest BCUT2D eigenvalue weighted by Crippen LogP contribution is 2.23. The number of nitrogen functional groups attached to an aromatic ring is 1. The molecule has 0 bridgehead atoms. The summed E-state index contributed by atoms with van der Waals surface area (Å²) in [5.74, 6) is -0.297. The number of esters is 1. The number of hydrogen-bond donors (Lipinski definition) is 2. The molecule has 0 aliphatic carbocycles. The van der Waals surface area contributed by atoms with Crippen LogP contribution < -0.4 is 15.8 Å². The van der Waals surface area contributed by atoms with Crippen LogP contribution in [0.25, 0.3) is 0 Å². The van der Waals surface area contributed by atoms with Gasteiger partial charge in [-0.1, -0.05) is 29.8 Å². The van der Waals surface area contributed by atoms with E-state index < -0.39 is 12.1 Å². The van der Waals surface area contributed by atoms with Crippen LogP contribution in [0, 0.1) is 0 Å². The van der Waals surface area contributed by atoms with Crippen molar-refractivity contribution >= 4 is 29.2 Å². The average Bonchev–Trinajstić information content (AvgIpc) is 2.64. The molecule has 0 unspecified atom stereocenters. The maximum Gasteiger partial charge on any atom is 0.341 e. The fraction of sp³-hybridized carbons (Fsp3) is 0.263. The minimum Gasteiger partial charge on any atom is -0.497 e. The van der Waals surface area contributed by atoms with Crippen molar-refractivity contribution in [1.82, 2.24) is 5.32 Å². The average molecular weight is 377 g/mol. The maximum atomic E-state index is 12.1. The van der Waals surface area contributed by atoms with E-state index in [1.165, 1.54) is 13.0 Å². The molecule has 2 rings (SSSR count). The Morgan fingerprint density at radius 1 is 1.19 bits per heavy atom. The number of rotatable bonds is 7. The molecule has 26 heavy (non-hydrogen) atoms. The zero-order valence-corrected chi connectivity index (χ0v) is 15.4. The Labute approximate surface area is 157 Å². The number of para-hydroxylation sites is 1. The van der Waals surface area contributed by atoms with Gasteiger partial charge >= 0.3 is 5.97 Å². The van der Waals surface area contributed by atoms with Crippen molar-refractivity contribution in [2.45, 2.75) is 19.4 Å². The fourth-order valence-electron chi connectivity index (χ4n) is 2.26.